The average Bonchev–Trinajstić information content (AvgIpc) is 2.55. The van der Waals surface area contributed by atoms with Crippen LogP contribution >= 0.6 is 0 Å². The van der Waals surface area contributed by atoms with Crippen molar-refractivity contribution in [3.8, 4) is 5.75 Å². The average molecular weight is 319 g/mol. The third kappa shape index (κ3) is 4.72. The lowest BCUT2D eigenvalue weighted by Gasteiger charge is -2.08. The molecule has 0 atom stereocenters. The normalized spacial score (nSPS) is 10.5. The van der Waals surface area contributed by atoms with Crippen molar-refractivity contribution in [3.63, 3.8) is 0 Å². The van der Waals surface area contributed by atoms with E-state index in [4.69, 9.17) is 9.47 Å². The fourth-order valence-electron chi connectivity index (χ4n) is 2.18. The molecule has 0 saturated heterocycles. The summed E-state index contributed by atoms with van der Waals surface area (Å²) in [7, 11) is 3.15. The third-order valence-electron chi connectivity index (χ3n) is 3.40. The van der Waals surface area contributed by atoms with Crippen LogP contribution in [0.25, 0.3) is 10.9 Å². The lowest BCUT2D eigenvalue weighted by atomic mass is 10.1. The van der Waals surface area contributed by atoms with Crippen LogP contribution in [0.1, 0.15) is 5.56 Å². The van der Waals surface area contributed by atoms with Crippen molar-refractivity contribution in [3.05, 3.63) is 40.2 Å². The van der Waals surface area contributed by atoms with E-state index in [0.717, 1.165) is 10.9 Å². The van der Waals surface area contributed by atoms with Crippen molar-refractivity contribution >= 4 is 16.9 Å². The Morgan fingerprint density at radius 2 is 1.96 bits per heavy atom. The Balaban J connectivity index is 1.96. The maximum Gasteiger partial charge on any atom is 0.314 e. The topological polar surface area (TPSA) is 92.4 Å². The largest absolute Gasteiger partial charge is 0.497 e. The summed E-state index contributed by atoms with van der Waals surface area (Å²) in [4.78, 5) is 26.4. The Labute approximate surface area is 134 Å². The summed E-state index contributed by atoms with van der Waals surface area (Å²) < 4.78 is 9.98. The molecule has 7 heteroatoms. The molecule has 0 fully saturated rings. The first-order chi connectivity index (χ1) is 11.1. The van der Waals surface area contributed by atoms with Crippen LogP contribution < -0.4 is 20.9 Å². The molecule has 0 unspecified atom stereocenters. The monoisotopic (exact) mass is 319 g/mol. The van der Waals surface area contributed by atoms with Gasteiger partial charge in [0.25, 0.3) is 5.56 Å². The second-order valence-electron chi connectivity index (χ2n) is 5.00. The molecule has 2 rings (SSSR count). The van der Waals surface area contributed by atoms with Gasteiger partial charge in [-0.25, -0.2) is 4.79 Å². The maximum absolute atomic E-state index is 12.1. The summed E-state index contributed by atoms with van der Waals surface area (Å²) in [5.41, 5.74) is 1.19. The van der Waals surface area contributed by atoms with Gasteiger partial charge in [-0.05, 0) is 30.0 Å². The van der Waals surface area contributed by atoms with Gasteiger partial charge in [0, 0.05) is 31.8 Å². The molecule has 3 N–H and O–H groups in total. The molecule has 1 aromatic carbocycles. The number of fused-ring (bicyclic) bond motifs is 1. The summed E-state index contributed by atoms with van der Waals surface area (Å²) in [6.07, 6.45) is 0.453. The number of hydrogen-bond donors (Lipinski definition) is 3. The lowest BCUT2D eigenvalue weighted by Crippen LogP contribution is -2.38. The summed E-state index contributed by atoms with van der Waals surface area (Å²) in [6, 6.07) is 7.06. The van der Waals surface area contributed by atoms with E-state index in [1.54, 1.807) is 20.3 Å². The predicted octanol–water partition coefficient (Wildman–Crippen LogP) is 1.02. The summed E-state index contributed by atoms with van der Waals surface area (Å²) in [6.45, 7) is 1.28. The number of amides is 2. The molecule has 0 saturated carbocycles. The Bertz CT molecular complexity index is 727. The van der Waals surface area contributed by atoms with Crippen molar-refractivity contribution < 1.29 is 14.3 Å². The highest BCUT2D eigenvalue weighted by Crippen LogP contribution is 2.18. The number of pyridine rings is 1. The standard InChI is InChI=1S/C16H21N3O4/c1-22-8-7-18-16(21)17-6-5-12-9-11-3-4-13(23-2)10-14(11)19-15(12)20/h3-4,9-10H,5-8H2,1-2H3,(H,19,20)(H2,17,18,21). The van der Waals surface area contributed by atoms with Crippen molar-refractivity contribution in [2.24, 2.45) is 0 Å². The molecule has 0 radical (unpaired) electrons. The number of ether oxygens (including phenoxy) is 2. The summed E-state index contributed by atoms with van der Waals surface area (Å²) >= 11 is 0. The molecule has 1 heterocycles. The van der Waals surface area contributed by atoms with Crippen molar-refractivity contribution in [1.29, 1.82) is 0 Å². The van der Waals surface area contributed by atoms with E-state index in [2.05, 4.69) is 15.6 Å². The second kappa shape index (κ2) is 8.19. The van der Waals surface area contributed by atoms with Crippen molar-refractivity contribution in [1.82, 2.24) is 15.6 Å². The molecule has 1 aromatic heterocycles. The zero-order valence-electron chi connectivity index (χ0n) is 13.3. The molecule has 124 valence electrons. The smallest absolute Gasteiger partial charge is 0.314 e. The van der Waals surface area contributed by atoms with Gasteiger partial charge in [-0.15, -0.1) is 0 Å². The van der Waals surface area contributed by atoms with Crippen LogP contribution in [0.5, 0.6) is 5.75 Å². The number of aromatic amines is 1. The molecular formula is C16H21N3O4. The number of urea groups is 1. The van der Waals surface area contributed by atoms with Crippen LogP contribution in [0.2, 0.25) is 0 Å². The van der Waals surface area contributed by atoms with Gasteiger partial charge in [-0.2, -0.15) is 0 Å². The zero-order chi connectivity index (χ0) is 16.7. The first kappa shape index (κ1) is 16.8. The quantitative estimate of drug-likeness (QED) is 0.665. The van der Waals surface area contributed by atoms with Crippen LogP contribution in [0.4, 0.5) is 4.79 Å². The Morgan fingerprint density at radius 1 is 1.17 bits per heavy atom. The van der Waals surface area contributed by atoms with E-state index in [9.17, 15) is 9.59 Å². The molecule has 23 heavy (non-hydrogen) atoms. The number of H-pyrrole nitrogens is 1. The minimum atomic E-state index is -0.274. The van der Waals surface area contributed by atoms with Crippen LogP contribution in [0.3, 0.4) is 0 Å². The van der Waals surface area contributed by atoms with Gasteiger partial charge >= 0.3 is 6.03 Å². The maximum atomic E-state index is 12.1. The predicted molar refractivity (Wildman–Crippen MR) is 88.1 cm³/mol. The zero-order valence-corrected chi connectivity index (χ0v) is 13.3. The van der Waals surface area contributed by atoms with Gasteiger partial charge in [0.15, 0.2) is 0 Å². The number of rotatable bonds is 7. The van der Waals surface area contributed by atoms with Crippen molar-refractivity contribution in [2.75, 3.05) is 33.9 Å². The Morgan fingerprint density at radius 3 is 2.70 bits per heavy atom. The van der Waals surface area contributed by atoms with E-state index in [-0.39, 0.29) is 11.6 Å². The Kier molecular flexibility index (Phi) is 5.99. The van der Waals surface area contributed by atoms with Crippen LogP contribution in [0.15, 0.2) is 29.1 Å². The van der Waals surface area contributed by atoms with Gasteiger partial charge in [0.1, 0.15) is 5.75 Å². The number of benzene rings is 1. The molecule has 2 amide bonds. The summed E-state index contributed by atoms with van der Waals surface area (Å²) in [5.74, 6) is 0.690. The fourth-order valence-corrected chi connectivity index (χ4v) is 2.18. The molecule has 7 nitrogen and oxygen atoms in total. The number of aromatic nitrogens is 1. The van der Waals surface area contributed by atoms with Gasteiger partial charge in [0.05, 0.1) is 19.2 Å². The molecule has 0 aliphatic carbocycles. The van der Waals surface area contributed by atoms with Gasteiger partial charge in [0.2, 0.25) is 0 Å². The molecule has 0 bridgehead atoms. The lowest BCUT2D eigenvalue weighted by molar-refractivity contribution is 0.196. The van der Waals surface area contributed by atoms with E-state index in [0.29, 0.717) is 37.4 Å². The number of hydrogen-bond acceptors (Lipinski definition) is 4. The minimum Gasteiger partial charge on any atom is -0.497 e. The van der Waals surface area contributed by atoms with E-state index in [1.165, 1.54) is 0 Å². The molecule has 0 spiro atoms. The molecule has 0 aliphatic rings. The number of methoxy groups -OCH3 is 2. The second-order valence-corrected chi connectivity index (χ2v) is 5.00. The first-order valence-electron chi connectivity index (χ1n) is 7.34. The highest BCUT2D eigenvalue weighted by atomic mass is 16.5. The third-order valence-corrected chi connectivity index (χ3v) is 3.40. The van der Waals surface area contributed by atoms with E-state index >= 15 is 0 Å². The number of nitrogens with one attached hydrogen (secondary N) is 3. The number of carbonyl (C=O) groups excluding carboxylic acids is 1. The van der Waals surface area contributed by atoms with Gasteiger partial charge in [-0.3, -0.25) is 4.79 Å². The Hall–Kier alpha value is -2.54. The number of carbonyl (C=O) groups is 1. The summed E-state index contributed by atoms with van der Waals surface area (Å²) in [5, 5.41) is 6.28. The highest BCUT2D eigenvalue weighted by molar-refractivity contribution is 5.80. The van der Waals surface area contributed by atoms with Crippen LogP contribution in [-0.2, 0) is 11.2 Å². The first-order valence-corrected chi connectivity index (χ1v) is 7.34. The van der Waals surface area contributed by atoms with Crippen LogP contribution in [-0.4, -0.2) is 44.9 Å². The molecular weight excluding hydrogens is 298 g/mol. The fraction of sp³-hybridized carbons (Fsp3) is 0.375. The molecule has 0 aliphatic heterocycles. The van der Waals surface area contributed by atoms with Gasteiger partial charge < -0.3 is 25.1 Å². The SMILES string of the molecule is COCCNC(=O)NCCc1cc2ccc(OC)cc2[nH]c1=O. The van der Waals surface area contributed by atoms with E-state index in [1.807, 2.05) is 18.2 Å². The highest BCUT2D eigenvalue weighted by Gasteiger charge is 2.05. The van der Waals surface area contributed by atoms with E-state index < -0.39 is 0 Å². The van der Waals surface area contributed by atoms with Crippen molar-refractivity contribution in [2.45, 2.75) is 6.42 Å². The minimum absolute atomic E-state index is 0.160. The molecule has 2 aromatic rings. The van der Waals surface area contributed by atoms with Gasteiger partial charge in [-0.1, -0.05) is 0 Å². The van der Waals surface area contributed by atoms with Crippen LogP contribution in [0, 0.1) is 0 Å².